The highest BCUT2D eigenvalue weighted by Crippen LogP contribution is 2.06. The minimum atomic E-state index is -0.902. The maximum atomic E-state index is 11.2. The van der Waals surface area contributed by atoms with E-state index >= 15 is 0 Å². The molecule has 14 heavy (non-hydrogen) atoms. The molecule has 0 spiro atoms. The van der Waals surface area contributed by atoms with Crippen LogP contribution in [0.1, 0.15) is 26.7 Å². The fourth-order valence-electron chi connectivity index (χ4n) is 1.07. The molecular formula is C9H17NO4. The Kier molecular flexibility index (Phi) is 5.87. The molecule has 0 fully saturated rings. The Balaban J connectivity index is 3.76. The van der Waals surface area contributed by atoms with E-state index in [4.69, 9.17) is 10.2 Å². The van der Waals surface area contributed by atoms with E-state index in [-0.39, 0.29) is 37.3 Å². The van der Waals surface area contributed by atoms with Gasteiger partial charge in [0.15, 0.2) is 0 Å². The number of carbonyl (C=O) groups is 2. The quantitative estimate of drug-likeness (QED) is 0.566. The smallest absolute Gasteiger partial charge is 0.303 e. The summed E-state index contributed by atoms with van der Waals surface area (Å²) in [6.45, 7) is 3.27. The zero-order chi connectivity index (χ0) is 11.1. The number of carbonyl (C=O) groups excluding carboxylic acids is 1. The van der Waals surface area contributed by atoms with Gasteiger partial charge in [0, 0.05) is 18.9 Å². The summed E-state index contributed by atoms with van der Waals surface area (Å²) in [6.07, 6.45) is 0.164. The van der Waals surface area contributed by atoms with Crippen molar-refractivity contribution in [3.05, 3.63) is 0 Å². The predicted octanol–water partition coefficient (Wildman–Crippen LogP) is -0.0157. The van der Waals surface area contributed by atoms with Crippen molar-refractivity contribution in [1.29, 1.82) is 0 Å². The molecular weight excluding hydrogens is 186 g/mol. The molecule has 5 heteroatoms. The zero-order valence-electron chi connectivity index (χ0n) is 8.49. The van der Waals surface area contributed by atoms with Gasteiger partial charge in [-0.1, -0.05) is 6.92 Å². The Bertz CT molecular complexity index is 205. The molecule has 0 rings (SSSR count). The van der Waals surface area contributed by atoms with E-state index in [1.165, 1.54) is 0 Å². The second-order valence-electron chi connectivity index (χ2n) is 3.56. The summed E-state index contributed by atoms with van der Waals surface area (Å²) in [4.78, 5) is 21.5. The van der Waals surface area contributed by atoms with Gasteiger partial charge in [-0.05, 0) is 12.8 Å². The van der Waals surface area contributed by atoms with Crippen LogP contribution in [0.15, 0.2) is 0 Å². The first-order chi connectivity index (χ1) is 6.45. The third kappa shape index (κ3) is 6.42. The topological polar surface area (TPSA) is 86.6 Å². The van der Waals surface area contributed by atoms with E-state index in [0.717, 1.165) is 0 Å². The van der Waals surface area contributed by atoms with Crippen molar-refractivity contribution >= 4 is 11.9 Å². The molecule has 0 saturated heterocycles. The highest BCUT2D eigenvalue weighted by atomic mass is 16.4. The fourth-order valence-corrected chi connectivity index (χ4v) is 1.07. The van der Waals surface area contributed by atoms with E-state index < -0.39 is 5.97 Å². The molecule has 5 nitrogen and oxygen atoms in total. The summed E-state index contributed by atoms with van der Waals surface area (Å²) in [5, 5.41) is 19.7. The first-order valence-corrected chi connectivity index (χ1v) is 4.57. The Morgan fingerprint density at radius 2 is 1.86 bits per heavy atom. The van der Waals surface area contributed by atoms with Crippen LogP contribution in [0.25, 0.3) is 0 Å². The number of amides is 1. The van der Waals surface area contributed by atoms with Gasteiger partial charge in [0.25, 0.3) is 0 Å². The molecule has 0 radical (unpaired) electrons. The molecule has 2 atom stereocenters. The third-order valence-corrected chi connectivity index (χ3v) is 1.74. The van der Waals surface area contributed by atoms with Gasteiger partial charge >= 0.3 is 5.97 Å². The lowest BCUT2D eigenvalue weighted by atomic mass is 10.0. The highest BCUT2D eigenvalue weighted by molar-refractivity contribution is 5.77. The Morgan fingerprint density at radius 3 is 2.29 bits per heavy atom. The summed E-state index contributed by atoms with van der Waals surface area (Å²) in [5.41, 5.74) is 0. The number of aliphatic carboxylic acids is 1. The van der Waals surface area contributed by atoms with Crippen LogP contribution in [0, 0.1) is 5.92 Å². The molecule has 0 aliphatic heterocycles. The van der Waals surface area contributed by atoms with Crippen LogP contribution in [0.3, 0.4) is 0 Å². The van der Waals surface area contributed by atoms with Gasteiger partial charge in [0.05, 0.1) is 6.61 Å². The van der Waals surface area contributed by atoms with Crippen molar-refractivity contribution in [1.82, 2.24) is 5.32 Å². The van der Waals surface area contributed by atoms with Crippen molar-refractivity contribution in [2.24, 2.45) is 5.92 Å². The van der Waals surface area contributed by atoms with Crippen molar-refractivity contribution in [2.75, 3.05) is 6.61 Å². The molecule has 0 aromatic rings. The lowest BCUT2D eigenvalue weighted by molar-refractivity contribution is -0.138. The zero-order valence-corrected chi connectivity index (χ0v) is 8.49. The van der Waals surface area contributed by atoms with Crippen LogP contribution < -0.4 is 5.32 Å². The van der Waals surface area contributed by atoms with E-state index in [1.807, 2.05) is 0 Å². The van der Waals surface area contributed by atoms with Crippen LogP contribution in [0.2, 0.25) is 0 Å². The Hall–Kier alpha value is -1.10. The summed E-state index contributed by atoms with van der Waals surface area (Å²) in [7, 11) is 0. The lowest BCUT2D eigenvalue weighted by Gasteiger charge is -2.13. The van der Waals surface area contributed by atoms with Crippen molar-refractivity contribution < 1.29 is 19.8 Å². The Morgan fingerprint density at radius 1 is 1.29 bits per heavy atom. The van der Waals surface area contributed by atoms with Crippen molar-refractivity contribution in [3.63, 3.8) is 0 Å². The minimum Gasteiger partial charge on any atom is -0.481 e. The van der Waals surface area contributed by atoms with Gasteiger partial charge in [-0.2, -0.15) is 0 Å². The number of hydrogen-bond donors (Lipinski definition) is 3. The van der Waals surface area contributed by atoms with Crippen LogP contribution in [-0.2, 0) is 9.59 Å². The first kappa shape index (κ1) is 12.9. The number of carboxylic acid groups (broad SMARTS) is 1. The van der Waals surface area contributed by atoms with Gasteiger partial charge in [-0.15, -0.1) is 0 Å². The van der Waals surface area contributed by atoms with Crippen LogP contribution >= 0.6 is 0 Å². The molecule has 3 N–H and O–H groups in total. The number of hydrogen-bond acceptors (Lipinski definition) is 3. The number of carboxylic acids is 1. The molecule has 0 aliphatic rings. The normalized spacial score (nSPS) is 14.5. The summed E-state index contributed by atoms with van der Waals surface area (Å²) >= 11 is 0. The minimum absolute atomic E-state index is 0.0130. The standard InChI is InChI=1S/C9H17NO4/c1-6(4-9(13)14)3-8(12)10-7(2)5-11/h6-7,11H,3-5H2,1-2H3,(H,10,12)(H,13,14)/t6?,7-/m0/s1. The molecule has 1 amide bonds. The molecule has 1 unspecified atom stereocenters. The Labute approximate surface area is 83.1 Å². The average Bonchev–Trinajstić information content (AvgIpc) is 2.01. The summed E-state index contributed by atoms with van der Waals surface area (Å²) in [5.74, 6) is -1.31. The molecule has 82 valence electrons. The van der Waals surface area contributed by atoms with Gasteiger partial charge in [-0.25, -0.2) is 0 Å². The maximum Gasteiger partial charge on any atom is 0.303 e. The number of aliphatic hydroxyl groups excluding tert-OH is 1. The average molecular weight is 203 g/mol. The van der Waals surface area contributed by atoms with E-state index in [0.29, 0.717) is 0 Å². The largest absolute Gasteiger partial charge is 0.481 e. The fraction of sp³-hybridized carbons (Fsp3) is 0.778. The lowest BCUT2D eigenvalue weighted by Crippen LogP contribution is -2.35. The van der Waals surface area contributed by atoms with E-state index in [1.54, 1.807) is 13.8 Å². The van der Waals surface area contributed by atoms with E-state index in [9.17, 15) is 9.59 Å². The SMILES string of the molecule is CC(CC(=O)O)CC(=O)N[C@@H](C)CO. The van der Waals surface area contributed by atoms with E-state index in [2.05, 4.69) is 5.32 Å². The van der Waals surface area contributed by atoms with Gasteiger partial charge in [0.1, 0.15) is 0 Å². The third-order valence-electron chi connectivity index (χ3n) is 1.74. The predicted molar refractivity (Wildman–Crippen MR) is 50.7 cm³/mol. The molecule has 0 bridgehead atoms. The van der Waals surface area contributed by atoms with Gasteiger partial charge < -0.3 is 15.5 Å². The molecule has 0 heterocycles. The second kappa shape index (κ2) is 6.37. The van der Waals surface area contributed by atoms with Gasteiger partial charge in [0.2, 0.25) is 5.91 Å². The second-order valence-corrected chi connectivity index (χ2v) is 3.56. The summed E-state index contributed by atoms with van der Waals surface area (Å²) < 4.78 is 0. The number of aliphatic hydroxyl groups is 1. The molecule has 0 aromatic carbocycles. The molecule has 0 aromatic heterocycles. The molecule has 0 saturated carbocycles. The maximum absolute atomic E-state index is 11.2. The first-order valence-electron chi connectivity index (χ1n) is 4.57. The molecule has 0 aliphatic carbocycles. The number of nitrogens with one attached hydrogen (secondary N) is 1. The number of rotatable bonds is 6. The summed E-state index contributed by atoms with van der Waals surface area (Å²) in [6, 6.07) is -0.278. The monoisotopic (exact) mass is 203 g/mol. The highest BCUT2D eigenvalue weighted by Gasteiger charge is 2.13. The van der Waals surface area contributed by atoms with Gasteiger partial charge in [-0.3, -0.25) is 9.59 Å². The van der Waals surface area contributed by atoms with Crippen LogP contribution in [0.4, 0.5) is 0 Å². The van der Waals surface area contributed by atoms with Crippen LogP contribution in [0.5, 0.6) is 0 Å². The van der Waals surface area contributed by atoms with Crippen molar-refractivity contribution in [3.8, 4) is 0 Å². The van der Waals surface area contributed by atoms with Crippen molar-refractivity contribution in [2.45, 2.75) is 32.7 Å². The van der Waals surface area contributed by atoms with Crippen LogP contribution in [-0.4, -0.2) is 34.7 Å².